The molecule has 0 unspecified atom stereocenters. The van der Waals surface area contributed by atoms with E-state index in [1.165, 1.54) is 4.57 Å². The van der Waals surface area contributed by atoms with Gasteiger partial charge in [0.25, 0.3) is 0 Å². The van der Waals surface area contributed by atoms with Gasteiger partial charge in [0.1, 0.15) is 0 Å². The molecular formula is C10H17N3O3S. The van der Waals surface area contributed by atoms with E-state index in [4.69, 9.17) is 5.11 Å². The molecule has 0 atom stereocenters. The largest absolute Gasteiger partial charge is 0.481 e. The van der Waals surface area contributed by atoms with Crippen LogP contribution in [0.1, 0.15) is 26.7 Å². The molecule has 1 heterocycles. The molecule has 0 radical (unpaired) electrons. The lowest BCUT2D eigenvalue weighted by Gasteiger charge is -2.13. The monoisotopic (exact) mass is 259 g/mol. The number of hydrogen-bond acceptors (Lipinski definition) is 4. The first-order valence-electron chi connectivity index (χ1n) is 5.58. The van der Waals surface area contributed by atoms with Crippen molar-refractivity contribution in [1.29, 1.82) is 0 Å². The van der Waals surface area contributed by atoms with Crippen LogP contribution in [0, 0.1) is 5.92 Å². The zero-order chi connectivity index (χ0) is 12.8. The second kappa shape index (κ2) is 6.48. The standard InChI is InChI=1S/C10H17N3O3S/c1-3-7(4-2)5-13-9(16)11-12-10(13)17-6-8(14)15/h7H,3-6H2,1-2H3,(H,11,16)(H,14,15). The highest BCUT2D eigenvalue weighted by atomic mass is 32.2. The minimum atomic E-state index is -0.917. The number of carboxylic acid groups (broad SMARTS) is 1. The molecule has 0 saturated heterocycles. The smallest absolute Gasteiger partial charge is 0.343 e. The van der Waals surface area contributed by atoms with Gasteiger partial charge in [-0.15, -0.1) is 5.10 Å². The Morgan fingerprint density at radius 3 is 2.71 bits per heavy atom. The Kier molecular flexibility index (Phi) is 5.27. The van der Waals surface area contributed by atoms with E-state index in [9.17, 15) is 9.59 Å². The van der Waals surface area contributed by atoms with E-state index < -0.39 is 5.97 Å². The van der Waals surface area contributed by atoms with Gasteiger partial charge in [0.2, 0.25) is 0 Å². The summed E-state index contributed by atoms with van der Waals surface area (Å²) >= 11 is 1.06. The fourth-order valence-corrected chi connectivity index (χ4v) is 2.18. The maximum Gasteiger partial charge on any atom is 0.343 e. The van der Waals surface area contributed by atoms with Crippen LogP contribution in [0.5, 0.6) is 0 Å². The summed E-state index contributed by atoms with van der Waals surface area (Å²) in [6, 6.07) is 0. The summed E-state index contributed by atoms with van der Waals surface area (Å²) in [6.45, 7) is 4.73. The zero-order valence-electron chi connectivity index (χ0n) is 9.97. The van der Waals surface area contributed by atoms with Crippen LogP contribution in [0.25, 0.3) is 0 Å². The van der Waals surface area contributed by atoms with Crippen molar-refractivity contribution in [1.82, 2.24) is 14.8 Å². The van der Waals surface area contributed by atoms with Crippen molar-refractivity contribution in [3.8, 4) is 0 Å². The van der Waals surface area contributed by atoms with Crippen molar-refractivity contribution < 1.29 is 9.90 Å². The van der Waals surface area contributed by atoms with Crippen LogP contribution in [0.15, 0.2) is 9.95 Å². The van der Waals surface area contributed by atoms with Crippen molar-refractivity contribution in [3.05, 3.63) is 10.5 Å². The summed E-state index contributed by atoms with van der Waals surface area (Å²) in [5.41, 5.74) is -0.273. The van der Waals surface area contributed by atoms with E-state index in [0.717, 1.165) is 24.6 Å². The van der Waals surface area contributed by atoms with E-state index in [-0.39, 0.29) is 11.4 Å². The number of rotatable bonds is 7. The third-order valence-corrected chi connectivity index (χ3v) is 3.60. The number of carboxylic acids is 1. The van der Waals surface area contributed by atoms with E-state index in [1.807, 2.05) is 0 Å². The minimum Gasteiger partial charge on any atom is -0.481 e. The van der Waals surface area contributed by atoms with Crippen molar-refractivity contribution in [2.45, 2.75) is 38.4 Å². The summed E-state index contributed by atoms with van der Waals surface area (Å²) in [5, 5.41) is 15.2. The van der Waals surface area contributed by atoms with Crippen molar-refractivity contribution in [2.75, 3.05) is 5.75 Å². The number of thioether (sulfide) groups is 1. The molecule has 0 amide bonds. The lowest BCUT2D eigenvalue weighted by molar-refractivity contribution is -0.133. The topological polar surface area (TPSA) is 88.0 Å². The molecule has 0 aliphatic rings. The third-order valence-electron chi connectivity index (χ3n) is 2.64. The SMILES string of the molecule is CCC(CC)Cn1c(SCC(=O)O)n[nH]c1=O. The second-order valence-electron chi connectivity index (χ2n) is 3.79. The summed E-state index contributed by atoms with van der Waals surface area (Å²) in [5.74, 6) is -0.596. The van der Waals surface area contributed by atoms with Crippen LogP contribution >= 0.6 is 11.8 Å². The maximum absolute atomic E-state index is 11.5. The number of nitrogens with one attached hydrogen (secondary N) is 1. The third kappa shape index (κ3) is 3.92. The lowest BCUT2D eigenvalue weighted by atomic mass is 10.0. The fourth-order valence-electron chi connectivity index (χ4n) is 1.51. The summed E-state index contributed by atoms with van der Waals surface area (Å²) in [4.78, 5) is 22.0. The fraction of sp³-hybridized carbons (Fsp3) is 0.700. The molecule has 1 aromatic heterocycles. The maximum atomic E-state index is 11.5. The van der Waals surface area contributed by atoms with Gasteiger partial charge in [-0.3, -0.25) is 9.36 Å². The van der Waals surface area contributed by atoms with Gasteiger partial charge >= 0.3 is 11.7 Å². The predicted octanol–water partition coefficient (Wildman–Crippen LogP) is 1.18. The molecule has 2 N–H and O–H groups in total. The summed E-state index contributed by atoms with van der Waals surface area (Å²) in [6.07, 6.45) is 1.97. The minimum absolute atomic E-state index is 0.0901. The lowest BCUT2D eigenvalue weighted by Crippen LogP contribution is -2.22. The average Bonchev–Trinajstić information content (AvgIpc) is 2.64. The number of carbonyl (C=O) groups is 1. The Bertz CT molecular complexity index is 423. The van der Waals surface area contributed by atoms with Gasteiger partial charge in [0, 0.05) is 6.54 Å². The highest BCUT2D eigenvalue weighted by Crippen LogP contribution is 2.16. The molecule has 0 aromatic carbocycles. The number of aromatic amines is 1. The van der Waals surface area contributed by atoms with Crippen molar-refractivity contribution in [2.24, 2.45) is 5.92 Å². The predicted molar refractivity (Wildman–Crippen MR) is 65.3 cm³/mol. The molecule has 96 valence electrons. The Balaban J connectivity index is 2.79. The zero-order valence-corrected chi connectivity index (χ0v) is 10.8. The highest BCUT2D eigenvalue weighted by molar-refractivity contribution is 7.99. The Labute approximate surface area is 103 Å². The Hall–Kier alpha value is -1.24. The van der Waals surface area contributed by atoms with Gasteiger partial charge < -0.3 is 5.11 Å². The van der Waals surface area contributed by atoms with Gasteiger partial charge in [-0.25, -0.2) is 9.89 Å². The van der Waals surface area contributed by atoms with Gasteiger partial charge in [-0.1, -0.05) is 38.5 Å². The number of nitrogens with zero attached hydrogens (tertiary/aromatic N) is 2. The molecule has 0 spiro atoms. The first-order chi connectivity index (χ1) is 8.08. The van der Waals surface area contributed by atoms with Crippen LogP contribution in [-0.2, 0) is 11.3 Å². The van der Waals surface area contributed by atoms with E-state index >= 15 is 0 Å². The normalized spacial score (nSPS) is 11.0. The van der Waals surface area contributed by atoms with Gasteiger partial charge in [0.15, 0.2) is 5.16 Å². The first kappa shape index (κ1) is 13.8. The summed E-state index contributed by atoms with van der Waals surface area (Å²) < 4.78 is 1.52. The van der Waals surface area contributed by atoms with Gasteiger partial charge in [0.05, 0.1) is 5.75 Å². The average molecular weight is 259 g/mol. The highest BCUT2D eigenvalue weighted by Gasteiger charge is 2.14. The molecule has 1 rings (SSSR count). The van der Waals surface area contributed by atoms with Crippen LogP contribution < -0.4 is 5.69 Å². The number of hydrogen-bond donors (Lipinski definition) is 2. The van der Waals surface area contributed by atoms with E-state index in [2.05, 4.69) is 24.0 Å². The van der Waals surface area contributed by atoms with E-state index in [0.29, 0.717) is 17.6 Å². The molecule has 17 heavy (non-hydrogen) atoms. The van der Waals surface area contributed by atoms with Crippen molar-refractivity contribution in [3.63, 3.8) is 0 Å². The second-order valence-corrected chi connectivity index (χ2v) is 4.73. The molecule has 7 heteroatoms. The van der Waals surface area contributed by atoms with Gasteiger partial charge in [-0.2, -0.15) is 0 Å². The molecule has 0 aliphatic carbocycles. The Morgan fingerprint density at radius 2 is 2.18 bits per heavy atom. The number of H-pyrrole nitrogens is 1. The van der Waals surface area contributed by atoms with E-state index in [1.54, 1.807) is 0 Å². The quantitative estimate of drug-likeness (QED) is 0.718. The molecule has 1 aromatic rings. The summed E-state index contributed by atoms with van der Waals surface area (Å²) in [7, 11) is 0. The van der Waals surface area contributed by atoms with Crippen LogP contribution in [0.3, 0.4) is 0 Å². The number of aromatic nitrogens is 3. The molecule has 0 saturated carbocycles. The molecular weight excluding hydrogens is 242 g/mol. The van der Waals surface area contributed by atoms with Crippen LogP contribution in [0.2, 0.25) is 0 Å². The molecule has 0 aliphatic heterocycles. The van der Waals surface area contributed by atoms with Crippen molar-refractivity contribution >= 4 is 17.7 Å². The number of aliphatic carboxylic acids is 1. The molecule has 0 fully saturated rings. The molecule has 0 bridgehead atoms. The van der Waals surface area contributed by atoms with Crippen LogP contribution in [-0.4, -0.2) is 31.6 Å². The molecule has 6 nitrogen and oxygen atoms in total. The van der Waals surface area contributed by atoms with Gasteiger partial charge in [-0.05, 0) is 5.92 Å². The van der Waals surface area contributed by atoms with Crippen LogP contribution in [0.4, 0.5) is 0 Å². The first-order valence-corrected chi connectivity index (χ1v) is 6.56. The Morgan fingerprint density at radius 1 is 1.53 bits per heavy atom.